The number of amides is 1. The second-order valence-electron chi connectivity index (χ2n) is 7.48. The number of nitrogens with zero attached hydrogens (tertiary/aromatic N) is 3. The molecule has 1 fully saturated rings. The van der Waals surface area contributed by atoms with Gasteiger partial charge in [-0.25, -0.2) is 0 Å². The molecule has 2 aromatic rings. The van der Waals surface area contributed by atoms with Crippen molar-refractivity contribution in [2.75, 3.05) is 31.1 Å². The number of anilines is 1. The van der Waals surface area contributed by atoms with Crippen LogP contribution in [0.2, 0.25) is 0 Å². The molecule has 7 nitrogen and oxygen atoms in total. The van der Waals surface area contributed by atoms with Crippen molar-refractivity contribution in [1.82, 2.24) is 4.90 Å². The van der Waals surface area contributed by atoms with Crippen molar-refractivity contribution in [2.45, 2.75) is 26.3 Å². The first-order valence-electron chi connectivity index (χ1n) is 9.49. The van der Waals surface area contributed by atoms with Crippen LogP contribution in [0.5, 0.6) is 0 Å². The van der Waals surface area contributed by atoms with Crippen LogP contribution < -0.4 is 10.6 Å². The largest absolute Gasteiger partial charge is 0.366 e. The maximum atomic E-state index is 11.4. The molecule has 2 N–H and O–H groups in total. The highest BCUT2D eigenvalue weighted by Gasteiger charge is 2.24. The van der Waals surface area contributed by atoms with Crippen molar-refractivity contribution in [3.05, 3.63) is 69.3 Å². The molecule has 7 heteroatoms. The van der Waals surface area contributed by atoms with Crippen molar-refractivity contribution in [3.8, 4) is 0 Å². The molecule has 0 aromatic heterocycles. The van der Waals surface area contributed by atoms with E-state index in [4.69, 9.17) is 5.73 Å². The summed E-state index contributed by atoms with van der Waals surface area (Å²) in [7, 11) is 0. The molecule has 0 bridgehead atoms. The Hall–Kier alpha value is -2.93. The molecular weight excluding hydrogens is 356 g/mol. The highest BCUT2D eigenvalue weighted by molar-refractivity contribution is 5.94. The van der Waals surface area contributed by atoms with E-state index in [1.54, 1.807) is 12.1 Å². The third-order valence-electron chi connectivity index (χ3n) is 5.22. The minimum Gasteiger partial charge on any atom is -0.366 e. The summed E-state index contributed by atoms with van der Waals surface area (Å²) < 4.78 is 0. The molecule has 148 valence electrons. The van der Waals surface area contributed by atoms with Gasteiger partial charge in [-0.3, -0.25) is 19.8 Å². The van der Waals surface area contributed by atoms with Gasteiger partial charge in [0, 0.05) is 44.4 Å². The Morgan fingerprint density at radius 1 is 1.11 bits per heavy atom. The molecule has 1 amide bonds. The number of carbonyl (C=O) groups is 1. The number of nitro benzene ring substituents is 1. The minimum atomic E-state index is -0.664. The lowest BCUT2D eigenvalue weighted by Crippen LogP contribution is -2.46. The Morgan fingerprint density at radius 3 is 2.29 bits per heavy atom. The zero-order chi connectivity index (χ0) is 20.3. The highest BCUT2D eigenvalue weighted by atomic mass is 16.6. The normalized spacial score (nSPS) is 15.0. The third kappa shape index (κ3) is 4.48. The van der Waals surface area contributed by atoms with Gasteiger partial charge in [0.15, 0.2) is 0 Å². The van der Waals surface area contributed by atoms with Crippen LogP contribution in [0.15, 0.2) is 42.5 Å². The number of hydrogen-bond acceptors (Lipinski definition) is 5. The van der Waals surface area contributed by atoms with Crippen LogP contribution in [0, 0.1) is 10.1 Å². The zero-order valence-corrected chi connectivity index (χ0v) is 16.3. The van der Waals surface area contributed by atoms with Gasteiger partial charge in [-0.05, 0) is 29.2 Å². The Bertz CT molecular complexity index is 856. The Balaban J connectivity index is 1.65. The van der Waals surface area contributed by atoms with E-state index in [9.17, 15) is 14.9 Å². The summed E-state index contributed by atoms with van der Waals surface area (Å²) in [6.45, 7) is 8.27. The number of nitrogens with two attached hydrogens (primary N) is 1. The summed E-state index contributed by atoms with van der Waals surface area (Å²) in [5, 5.41) is 11.4. The molecule has 0 unspecified atom stereocenters. The monoisotopic (exact) mass is 382 g/mol. The average molecular weight is 382 g/mol. The minimum absolute atomic E-state index is 0.0750. The Morgan fingerprint density at radius 2 is 1.75 bits per heavy atom. The lowest BCUT2D eigenvalue weighted by atomic mass is 10.0. The molecule has 2 aromatic carbocycles. The Kier molecular flexibility index (Phi) is 5.94. The topological polar surface area (TPSA) is 92.7 Å². The van der Waals surface area contributed by atoms with Gasteiger partial charge in [-0.1, -0.05) is 38.1 Å². The van der Waals surface area contributed by atoms with Gasteiger partial charge in [0.1, 0.15) is 5.69 Å². The van der Waals surface area contributed by atoms with Crippen LogP contribution in [0.4, 0.5) is 11.4 Å². The average Bonchev–Trinajstić information content (AvgIpc) is 2.68. The van der Waals surface area contributed by atoms with Crippen LogP contribution in [-0.2, 0) is 6.54 Å². The van der Waals surface area contributed by atoms with E-state index >= 15 is 0 Å². The first-order chi connectivity index (χ1) is 13.3. The highest BCUT2D eigenvalue weighted by Crippen LogP contribution is 2.30. The standard InChI is InChI=1S/C21H26N4O3/c1-15(2)17-5-3-16(4-6-17)14-23-9-11-24(12-10-23)19-8-7-18(21(22)26)13-20(19)25(27)28/h3-8,13,15H,9-12,14H2,1-2H3,(H2,22,26). The lowest BCUT2D eigenvalue weighted by Gasteiger charge is -2.35. The molecule has 0 spiro atoms. The zero-order valence-electron chi connectivity index (χ0n) is 16.3. The summed E-state index contributed by atoms with van der Waals surface area (Å²) in [6.07, 6.45) is 0. The van der Waals surface area contributed by atoms with Crippen molar-refractivity contribution in [1.29, 1.82) is 0 Å². The third-order valence-corrected chi connectivity index (χ3v) is 5.22. The molecule has 3 rings (SSSR count). The number of rotatable bonds is 6. The molecular formula is C21H26N4O3. The summed E-state index contributed by atoms with van der Waals surface area (Å²) in [5.74, 6) is -0.141. The molecule has 0 atom stereocenters. The first-order valence-corrected chi connectivity index (χ1v) is 9.49. The van der Waals surface area contributed by atoms with Crippen molar-refractivity contribution < 1.29 is 9.72 Å². The van der Waals surface area contributed by atoms with Crippen LogP contribution in [0.3, 0.4) is 0 Å². The van der Waals surface area contributed by atoms with Gasteiger partial charge in [0.25, 0.3) is 5.69 Å². The van der Waals surface area contributed by atoms with E-state index in [0.29, 0.717) is 24.7 Å². The van der Waals surface area contributed by atoms with E-state index in [0.717, 1.165) is 19.6 Å². The van der Waals surface area contributed by atoms with Gasteiger partial charge in [0.2, 0.25) is 5.91 Å². The van der Waals surface area contributed by atoms with E-state index in [-0.39, 0.29) is 11.3 Å². The lowest BCUT2D eigenvalue weighted by molar-refractivity contribution is -0.384. The summed E-state index contributed by atoms with van der Waals surface area (Å²) in [5.41, 5.74) is 8.47. The predicted octanol–water partition coefficient (Wildman–Crippen LogP) is 3.14. The molecule has 1 aliphatic rings. The molecule has 1 heterocycles. The van der Waals surface area contributed by atoms with Gasteiger partial charge in [-0.15, -0.1) is 0 Å². The molecule has 1 aliphatic heterocycles. The number of carbonyl (C=O) groups excluding carboxylic acids is 1. The van der Waals surface area contributed by atoms with E-state index < -0.39 is 10.8 Å². The van der Waals surface area contributed by atoms with Crippen molar-refractivity contribution >= 4 is 17.3 Å². The maximum Gasteiger partial charge on any atom is 0.293 e. The number of piperazine rings is 1. The van der Waals surface area contributed by atoms with E-state index in [1.807, 2.05) is 4.90 Å². The van der Waals surface area contributed by atoms with E-state index in [2.05, 4.69) is 43.0 Å². The van der Waals surface area contributed by atoms with Crippen LogP contribution >= 0.6 is 0 Å². The Labute approximate surface area is 164 Å². The van der Waals surface area contributed by atoms with Gasteiger partial charge >= 0.3 is 0 Å². The molecule has 1 saturated heterocycles. The predicted molar refractivity (Wildman–Crippen MR) is 110 cm³/mol. The fourth-order valence-electron chi connectivity index (χ4n) is 3.50. The van der Waals surface area contributed by atoms with Gasteiger partial charge in [-0.2, -0.15) is 0 Å². The molecule has 0 saturated carbocycles. The summed E-state index contributed by atoms with van der Waals surface area (Å²) in [6, 6.07) is 13.1. The van der Waals surface area contributed by atoms with Crippen LogP contribution in [0.1, 0.15) is 41.3 Å². The van der Waals surface area contributed by atoms with E-state index in [1.165, 1.54) is 17.2 Å². The van der Waals surface area contributed by atoms with Gasteiger partial charge in [0.05, 0.1) is 4.92 Å². The molecule has 0 aliphatic carbocycles. The maximum absolute atomic E-state index is 11.4. The SMILES string of the molecule is CC(C)c1ccc(CN2CCN(c3ccc(C(N)=O)cc3[N+](=O)[O-])CC2)cc1. The number of hydrogen-bond donors (Lipinski definition) is 1. The number of nitro groups is 1. The second kappa shape index (κ2) is 8.39. The fraction of sp³-hybridized carbons (Fsp3) is 0.381. The van der Waals surface area contributed by atoms with Crippen molar-refractivity contribution in [2.24, 2.45) is 5.73 Å². The quantitative estimate of drug-likeness (QED) is 0.612. The first kappa shape index (κ1) is 19.8. The van der Waals surface area contributed by atoms with Gasteiger partial charge < -0.3 is 10.6 Å². The van der Waals surface area contributed by atoms with Crippen molar-refractivity contribution in [3.63, 3.8) is 0 Å². The molecule has 0 radical (unpaired) electrons. The number of benzene rings is 2. The molecule has 28 heavy (non-hydrogen) atoms. The smallest absolute Gasteiger partial charge is 0.293 e. The fourth-order valence-corrected chi connectivity index (χ4v) is 3.50. The second-order valence-corrected chi connectivity index (χ2v) is 7.48. The summed E-state index contributed by atoms with van der Waals surface area (Å²) in [4.78, 5) is 26.7. The summed E-state index contributed by atoms with van der Waals surface area (Å²) >= 11 is 0. The van der Waals surface area contributed by atoms with Crippen LogP contribution in [-0.4, -0.2) is 41.9 Å². The number of primary amides is 1. The van der Waals surface area contributed by atoms with Crippen LogP contribution in [0.25, 0.3) is 0 Å².